The zero-order valence-electron chi connectivity index (χ0n) is 13.3. The second-order valence-corrected chi connectivity index (χ2v) is 7.33. The predicted molar refractivity (Wildman–Crippen MR) is 85.3 cm³/mol. The number of H-pyrrole nitrogens is 1. The molecule has 0 radical (unpaired) electrons. The zero-order valence-corrected chi connectivity index (χ0v) is 13.3. The predicted octanol–water partition coefficient (Wildman–Crippen LogP) is 2.49. The van der Waals surface area contributed by atoms with Crippen molar-refractivity contribution < 1.29 is 0 Å². The van der Waals surface area contributed by atoms with Crippen LogP contribution in [0.3, 0.4) is 0 Å². The van der Waals surface area contributed by atoms with E-state index in [1.807, 2.05) is 0 Å². The molecule has 2 heterocycles. The summed E-state index contributed by atoms with van der Waals surface area (Å²) in [5, 5.41) is 7.62. The van der Waals surface area contributed by atoms with Crippen LogP contribution in [0.4, 0.5) is 5.95 Å². The van der Waals surface area contributed by atoms with Crippen LogP contribution in [0.25, 0.3) is 0 Å². The average molecular weight is 291 g/mol. The molecule has 0 bridgehead atoms. The third-order valence-electron chi connectivity index (χ3n) is 5.28. The van der Waals surface area contributed by atoms with Gasteiger partial charge in [-0.1, -0.05) is 39.0 Å². The molecule has 118 valence electrons. The van der Waals surface area contributed by atoms with Crippen LogP contribution in [0, 0.1) is 11.3 Å². The van der Waals surface area contributed by atoms with E-state index in [9.17, 15) is 0 Å². The molecule has 1 aliphatic carbocycles. The van der Waals surface area contributed by atoms with Gasteiger partial charge in [0.15, 0.2) is 0 Å². The van der Waals surface area contributed by atoms with E-state index < -0.39 is 0 Å². The van der Waals surface area contributed by atoms with Gasteiger partial charge in [0.2, 0.25) is 5.95 Å². The molecule has 3 N–H and O–H groups in total. The van der Waals surface area contributed by atoms with E-state index in [2.05, 4.69) is 22.0 Å². The molecular formula is C16H29N5. The van der Waals surface area contributed by atoms with E-state index >= 15 is 0 Å². The molecule has 21 heavy (non-hydrogen) atoms. The van der Waals surface area contributed by atoms with Gasteiger partial charge in [0.05, 0.1) is 0 Å². The van der Waals surface area contributed by atoms with Gasteiger partial charge in [-0.3, -0.25) is 5.10 Å². The number of nitrogens with zero attached hydrogens (tertiary/aromatic N) is 3. The third-order valence-corrected chi connectivity index (χ3v) is 5.28. The molecule has 2 fully saturated rings. The van der Waals surface area contributed by atoms with E-state index in [-0.39, 0.29) is 5.41 Å². The Bertz CT molecular complexity index is 451. The fourth-order valence-electron chi connectivity index (χ4n) is 3.84. The van der Waals surface area contributed by atoms with Crippen LogP contribution in [-0.4, -0.2) is 34.8 Å². The molecule has 5 nitrogen and oxygen atoms in total. The second-order valence-electron chi connectivity index (χ2n) is 7.33. The third kappa shape index (κ3) is 3.57. The van der Waals surface area contributed by atoms with Crippen LogP contribution in [0.1, 0.15) is 57.7 Å². The van der Waals surface area contributed by atoms with E-state index in [4.69, 9.17) is 10.7 Å². The Morgan fingerprint density at radius 1 is 1.29 bits per heavy atom. The Morgan fingerprint density at radius 3 is 2.86 bits per heavy atom. The lowest BCUT2D eigenvalue weighted by Crippen LogP contribution is -2.46. The van der Waals surface area contributed by atoms with Gasteiger partial charge < -0.3 is 10.6 Å². The molecule has 1 saturated carbocycles. The number of aromatic nitrogens is 3. The van der Waals surface area contributed by atoms with Crippen LogP contribution >= 0.6 is 0 Å². The maximum Gasteiger partial charge on any atom is 0.244 e. The quantitative estimate of drug-likeness (QED) is 0.894. The van der Waals surface area contributed by atoms with Crippen molar-refractivity contribution >= 4 is 5.95 Å². The number of anilines is 1. The summed E-state index contributed by atoms with van der Waals surface area (Å²) in [6.07, 6.45) is 10.3. The summed E-state index contributed by atoms with van der Waals surface area (Å²) in [6.45, 7) is 5.04. The first-order valence-electron chi connectivity index (χ1n) is 8.55. The largest absolute Gasteiger partial charge is 0.339 e. The molecule has 1 unspecified atom stereocenters. The van der Waals surface area contributed by atoms with E-state index in [1.165, 1.54) is 44.9 Å². The molecule has 1 saturated heterocycles. The summed E-state index contributed by atoms with van der Waals surface area (Å²) in [4.78, 5) is 7.05. The number of rotatable bonds is 4. The monoisotopic (exact) mass is 291 g/mol. The van der Waals surface area contributed by atoms with Crippen molar-refractivity contribution in [2.24, 2.45) is 17.1 Å². The molecule has 3 rings (SSSR count). The van der Waals surface area contributed by atoms with Crippen molar-refractivity contribution in [3.8, 4) is 0 Å². The smallest absolute Gasteiger partial charge is 0.244 e. The summed E-state index contributed by atoms with van der Waals surface area (Å²) < 4.78 is 0. The van der Waals surface area contributed by atoms with Crippen molar-refractivity contribution in [1.82, 2.24) is 15.2 Å². The van der Waals surface area contributed by atoms with E-state index in [1.54, 1.807) is 0 Å². The highest BCUT2D eigenvalue weighted by atomic mass is 15.4. The first-order valence-corrected chi connectivity index (χ1v) is 8.55. The molecule has 1 aromatic heterocycles. The number of piperidine rings is 1. The van der Waals surface area contributed by atoms with Gasteiger partial charge in [-0.2, -0.15) is 4.98 Å². The van der Waals surface area contributed by atoms with Crippen LogP contribution in [0.15, 0.2) is 0 Å². The lowest BCUT2D eigenvalue weighted by molar-refractivity contribution is 0.270. The molecule has 1 atom stereocenters. The fraction of sp³-hybridized carbons (Fsp3) is 0.875. The Labute approximate surface area is 127 Å². The molecule has 0 spiro atoms. The van der Waals surface area contributed by atoms with Gasteiger partial charge in [0.1, 0.15) is 5.82 Å². The summed E-state index contributed by atoms with van der Waals surface area (Å²) in [6, 6.07) is 0. The van der Waals surface area contributed by atoms with Crippen molar-refractivity contribution in [2.45, 2.75) is 58.3 Å². The lowest BCUT2D eigenvalue weighted by atomic mass is 9.82. The molecule has 0 amide bonds. The molecule has 1 aromatic rings. The van der Waals surface area contributed by atoms with Gasteiger partial charge in [0, 0.05) is 19.5 Å². The maximum absolute atomic E-state index is 5.93. The fourth-order valence-corrected chi connectivity index (χ4v) is 3.84. The van der Waals surface area contributed by atoms with Gasteiger partial charge in [-0.25, -0.2) is 0 Å². The van der Waals surface area contributed by atoms with Crippen molar-refractivity contribution in [3.63, 3.8) is 0 Å². The number of hydrogen-bond donors (Lipinski definition) is 2. The molecular weight excluding hydrogens is 262 g/mol. The lowest BCUT2D eigenvalue weighted by Gasteiger charge is -2.39. The minimum atomic E-state index is 0.211. The van der Waals surface area contributed by atoms with Gasteiger partial charge in [-0.15, -0.1) is 5.10 Å². The van der Waals surface area contributed by atoms with Crippen LogP contribution < -0.4 is 10.6 Å². The summed E-state index contributed by atoms with van der Waals surface area (Å²) in [7, 11) is 0. The van der Waals surface area contributed by atoms with Gasteiger partial charge in [0.25, 0.3) is 0 Å². The summed E-state index contributed by atoms with van der Waals surface area (Å²) in [5.74, 6) is 2.74. The Hall–Kier alpha value is -1.10. The van der Waals surface area contributed by atoms with Crippen molar-refractivity contribution in [3.05, 3.63) is 5.82 Å². The van der Waals surface area contributed by atoms with Crippen LogP contribution in [0.5, 0.6) is 0 Å². The van der Waals surface area contributed by atoms with Gasteiger partial charge in [-0.05, 0) is 30.7 Å². The SMILES string of the molecule is CC1(CN)CCCN(c2n[nH]c(CC3CCCCC3)n2)C1. The molecule has 1 aliphatic heterocycles. The number of aromatic amines is 1. The minimum absolute atomic E-state index is 0.211. The van der Waals surface area contributed by atoms with E-state index in [0.29, 0.717) is 0 Å². The summed E-state index contributed by atoms with van der Waals surface area (Å²) >= 11 is 0. The van der Waals surface area contributed by atoms with E-state index in [0.717, 1.165) is 43.7 Å². The summed E-state index contributed by atoms with van der Waals surface area (Å²) in [5.41, 5.74) is 6.14. The highest BCUT2D eigenvalue weighted by Gasteiger charge is 2.31. The number of nitrogens with two attached hydrogens (primary N) is 1. The molecule has 0 aromatic carbocycles. The average Bonchev–Trinajstić information content (AvgIpc) is 2.97. The van der Waals surface area contributed by atoms with Crippen LogP contribution in [0.2, 0.25) is 0 Å². The number of nitrogens with one attached hydrogen (secondary N) is 1. The van der Waals surface area contributed by atoms with Crippen molar-refractivity contribution in [2.75, 3.05) is 24.5 Å². The Morgan fingerprint density at radius 2 is 2.10 bits per heavy atom. The first kappa shape index (κ1) is 14.8. The highest BCUT2D eigenvalue weighted by Crippen LogP contribution is 2.30. The minimum Gasteiger partial charge on any atom is -0.339 e. The standard InChI is InChI=1S/C16H29N5/c1-16(11-17)8-5-9-21(12-16)15-18-14(19-20-15)10-13-6-3-2-4-7-13/h13H,2-12,17H2,1H3,(H,18,19,20). The topological polar surface area (TPSA) is 70.8 Å². The Balaban J connectivity index is 1.61. The Kier molecular flexibility index (Phi) is 4.48. The van der Waals surface area contributed by atoms with Crippen molar-refractivity contribution in [1.29, 1.82) is 0 Å². The van der Waals surface area contributed by atoms with Gasteiger partial charge >= 0.3 is 0 Å². The zero-order chi connectivity index (χ0) is 14.7. The second kappa shape index (κ2) is 6.34. The molecule has 5 heteroatoms. The normalized spacial score (nSPS) is 28.0. The van der Waals surface area contributed by atoms with Crippen LogP contribution in [-0.2, 0) is 6.42 Å². The first-order chi connectivity index (χ1) is 10.2. The molecule has 2 aliphatic rings. The maximum atomic E-state index is 5.93. The highest BCUT2D eigenvalue weighted by molar-refractivity contribution is 5.30. The number of hydrogen-bond acceptors (Lipinski definition) is 4.